The Hall–Kier alpha value is -1.55. The van der Waals surface area contributed by atoms with Crippen LogP contribution in [0.15, 0.2) is 24.3 Å². The van der Waals surface area contributed by atoms with Crippen molar-refractivity contribution in [1.29, 1.82) is 0 Å². The molecule has 1 unspecified atom stereocenters. The summed E-state index contributed by atoms with van der Waals surface area (Å²) >= 11 is 0. The van der Waals surface area contributed by atoms with Gasteiger partial charge in [-0.1, -0.05) is 19.1 Å². The third-order valence-corrected chi connectivity index (χ3v) is 2.82. The van der Waals surface area contributed by atoms with Crippen molar-refractivity contribution >= 4 is 17.3 Å². The van der Waals surface area contributed by atoms with Crippen molar-refractivity contribution in [3.05, 3.63) is 24.3 Å². The summed E-state index contributed by atoms with van der Waals surface area (Å²) in [7, 11) is 0. The second kappa shape index (κ2) is 4.53. The lowest BCUT2D eigenvalue weighted by molar-refractivity contribution is -0.119. The zero-order chi connectivity index (χ0) is 11.5. The number of fused-ring (bicyclic) bond motifs is 1. The van der Waals surface area contributed by atoms with Crippen LogP contribution in [0.1, 0.15) is 13.3 Å². The van der Waals surface area contributed by atoms with Crippen LogP contribution in [0.4, 0.5) is 11.4 Å². The minimum atomic E-state index is -0.179. The highest BCUT2D eigenvalue weighted by Crippen LogP contribution is 2.31. The van der Waals surface area contributed by atoms with E-state index in [4.69, 9.17) is 5.11 Å². The fourth-order valence-electron chi connectivity index (χ4n) is 1.99. The molecular formula is C12H16N2O2. The van der Waals surface area contributed by atoms with E-state index in [-0.39, 0.29) is 18.6 Å². The zero-order valence-electron chi connectivity index (χ0n) is 9.31. The number of anilines is 2. The summed E-state index contributed by atoms with van der Waals surface area (Å²) < 4.78 is 0. The summed E-state index contributed by atoms with van der Waals surface area (Å²) in [5.41, 5.74) is 1.81. The molecule has 0 fully saturated rings. The van der Waals surface area contributed by atoms with E-state index in [1.54, 1.807) is 4.90 Å². The first-order chi connectivity index (χ1) is 7.77. The van der Waals surface area contributed by atoms with Gasteiger partial charge in [0.25, 0.3) is 0 Å². The largest absolute Gasteiger partial charge is 0.395 e. The quantitative estimate of drug-likeness (QED) is 0.805. The van der Waals surface area contributed by atoms with Crippen LogP contribution in [-0.4, -0.2) is 30.2 Å². The molecule has 0 spiro atoms. The fraction of sp³-hybridized carbons (Fsp3) is 0.417. The van der Waals surface area contributed by atoms with Crippen molar-refractivity contribution in [3.63, 3.8) is 0 Å². The molecule has 0 aromatic heterocycles. The van der Waals surface area contributed by atoms with E-state index in [1.807, 2.05) is 31.2 Å². The topological polar surface area (TPSA) is 52.6 Å². The fourth-order valence-corrected chi connectivity index (χ4v) is 1.99. The van der Waals surface area contributed by atoms with Gasteiger partial charge in [-0.25, -0.2) is 0 Å². The maximum absolute atomic E-state index is 12.1. The molecule has 1 heterocycles. The van der Waals surface area contributed by atoms with Crippen molar-refractivity contribution < 1.29 is 9.90 Å². The van der Waals surface area contributed by atoms with E-state index < -0.39 is 0 Å². The van der Waals surface area contributed by atoms with Gasteiger partial charge in [0.15, 0.2) is 0 Å². The Morgan fingerprint density at radius 2 is 2.19 bits per heavy atom. The molecule has 1 aromatic rings. The number of hydrogen-bond donors (Lipinski definition) is 2. The average Bonchev–Trinajstić information content (AvgIpc) is 2.32. The van der Waals surface area contributed by atoms with Crippen molar-refractivity contribution in [2.75, 3.05) is 23.4 Å². The number of hydrogen-bond acceptors (Lipinski definition) is 3. The number of aliphatic hydroxyl groups is 1. The van der Waals surface area contributed by atoms with Gasteiger partial charge in [0.05, 0.1) is 18.0 Å². The predicted molar refractivity (Wildman–Crippen MR) is 63.6 cm³/mol. The second-order valence-corrected chi connectivity index (χ2v) is 3.84. The lowest BCUT2D eigenvalue weighted by Crippen LogP contribution is -2.47. The number of aliphatic hydroxyl groups excluding tert-OH is 1. The number of carbonyl (C=O) groups is 1. The van der Waals surface area contributed by atoms with Crippen molar-refractivity contribution in [2.24, 2.45) is 0 Å². The van der Waals surface area contributed by atoms with E-state index in [0.717, 1.165) is 17.8 Å². The monoisotopic (exact) mass is 220 g/mol. The lowest BCUT2D eigenvalue weighted by Gasteiger charge is -2.34. The maximum Gasteiger partial charge on any atom is 0.249 e. The van der Waals surface area contributed by atoms with Gasteiger partial charge in [0.2, 0.25) is 5.91 Å². The maximum atomic E-state index is 12.1. The summed E-state index contributed by atoms with van der Waals surface area (Å²) in [4.78, 5) is 13.7. The predicted octanol–water partition coefficient (Wildman–Crippen LogP) is 1.22. The van der Waals surface area contributed by atoms with Crippen LogP contribution in [0.2, 0.25) is 0 Å². The van der Waals surface area contributed by atoms with Crippen molar-refractivity contribution in [2.45, 2.75) is 19.4 Å². The molecule has 2 N–H and O–H groups in total. The molecule has 0 saturated heterocycles. The highest BCUT2D eigenvalue weighted by atomic mass is 16.3. The minimum absolute atomic E-state index is 0.0174. The molecule has 16 heavy (non-hydrogen) atoms. The summed E-state index contributed by atoms with van der Waals surface area (Å²) in [5.74, 6) is 0.0373. The van der Waals surface area contributed by atoms with E-state index in [9.17, 15) is 4.79 Å². The van der Waals surface area contributed by atoms with Crippen LogP contribution in [0.25, 0.3) is 0 Å². The van der Waals surface area contributed by atoms with Gasteiger partial charge in [-0.15, -0.1) is 0 Å². The number of nitrogens with zero attached hydrogens (tertiary/aromatic N) is 1. The number of β-amino-alcohol motifs (C(OH)–C–C–N with tert-alkyl or cyclic N) is 1. The summed E-state index contributed by atoms with van der Waals surface area (Å²) in [6.45, 7) is 2.31. The second-order valence-electron chi connectivity index (χ2n) is 3.84. The zero-order valence-corrected chi connectivity index (χ0v) is 9.31. The normalized spacial score (nSPS) is 19.2. The summed E-state index contributed by atoms with van der Waals surface area (Å²) in [6, 6.07) is 7.49. The molecule has 4 heteroatoms. The van der Waals surface area contributed by atoms with E-state index in [0.29, 0.717) is 6.54 Å². The molecule has 2 rings (SSSR count). The Balaban J connectivity index is 2.38. The Morgan fingerprint density at radius 3 is 2.88 bits per heavy atom. The molecular weight excluding hydrogens is 204 g/mol. The van der Waals surface area contributed by atoms with E-state index >= 15 is 0 Å². The molecule has 0 saturated carbocycles. The number of para-hydroxylation sites is 2. The van der Waals surface area contributed by atoms with Gasteiger partial charge in [-0.2, -0.15) is 0 Å². The van der Waals surface area contributed by atoms with Crippen LogP contribution < -0.4 is 10.2 Å². The van der Waals surface area contributed by atoms with Gasteiger partial charge in [0, 0.05) is 6.54 Å². The number of carbonyl (C=O) groups excluding carboxylic acids is 1. The molecule has 1 amide bonds. The van der Waals surface area contributed by atoms with E-state index in [1.165, 1.54) is 0 Å². The Bertz CT molecular complexity index is 392. The molecule has 1 aliphatic heterocycles. The Kier molecular flexibility index (Phi) is 3.10. The number of nitrogens with one attached hydrogen (secondary N) is 1. The van der Waals surface area contributed by atoms with Crippen LogP contribution in [-0.2, 0) is 4.79 Å². The third-order valence-electron chi connectivity index (χ3n) is 2.82. The molecule has 0 aliphatic carbocycles. The molecule has 0 radical (unpaired) electrons. The first-order valence-corrected chi connectivity index (χ1v) is 5.55. The standard InChI is InChI=1S/C12H16N2O2/c1-2-9-12(16)14(7-8-15)11-6-4-3-5-10(11)13-9/h3-6,9,13,15H,2,7-8H2,1H3. The van der Waals surface area contributed by atoms with Gasteiger partial charge in [-0.3, -0.25) is 4.79 Å². The smallest absolute Gasteiger partial charge is 0.249 e. The molecule has 0 bridgehead atoms. The van der Waals surface area contributed by atoms with Gasteiger partial charge in [-0.05, 0) is 18.6 Å². The summed E-state index contributed by atoms with van der Waals surface area (Å²) in [5, 5.41) is 12.2. The molecule has 86 valence electrons. The number of amides is 1. The Morgan fingerprint density at radius 1 is 1.44 bits per heavy atom. The lowest BCUT2D eigenvalue weighted by atomic mass is 10.1. The van der Waals surface area contributed by atoms with Crippen LogP contribution in [0.3, 0.4) is 0 Å². The summed E-state index contributed by atoms with van der Waals surface area (Å²) in [6.07, 6.45) is 0.745. The van der Waals surface area contributed by atoms with Gasteiger partial charge >= 0.3 is 0 Å². The first-order valence-electron chi connectivity index (χ1n) is 5.55. The van der Waals surface area contributed by atoms with Crippen LogP contribution >= 0.6 is 0 Å². The number of benzene rings is 1. The van der Waals surface area contributed by atoms with Gasteiger partial charge in [0.1, 0.15) is 6.04 Å². The van der Waals surface area contributed by atoms with Crippen LogP contribution in [0.5, 0.6) is 0 Å². The SMILES string of the molecule is CCC1Nc2ccccc2N(CCO)C1=O. The van der Waals surface area contributed by atoms with Crippen molar-refractivity contribution in [3.8, 4) is 0 Å². The highest BCUT2D eigenvalue weighted by Gasteiger charge is 2.30. The minimum Gasteiger partial charge on any atom is -0.395 e. The first kappa shape index (κ1) is 11.0. The molecule has 4 nitrogen and oxygen atoms in total. The molecule has 1 aromatic carbocycles. The molecule has 1 atom stereocenters. The van der Waals surface area contributed by atoms with Crippen molar-refractivity contribution in [1.82, 2.24) is 0 Å². The molecule has 1 aliphatic rings. The number of rotatable bonds is 3. The highest BCUT2D eigenvalue weighted by molar-refractivity contribution is 6.04. The van der Waals surface area contributed by atoms with E-state index in [2.05, 4.69) is 5.32 Å². The average molecular weight is 220 g/mol. The van der Waals surface area contributed by atoms with Crippen LogP contribution in [0, 0.1) is 0 Å². The Labute approximate surface area is 94.9 Å². The third kappa shape index (κ3) is 1.76. The van der Waals surface area contributed by atoms with Gasteiger partial charge < -0.3 is 15.3 Å².